The molecule has 6 N–H and O–H groups in total. The van der Waals surface area contributed by atoms with Crippen LogP contribution in [0.5, 0.6) is 0 Å². The van der Waals surface area contributed by atoms with Gasteiger partial charge in [0.05, 0.1) is 17.5 Å². The molecule has 0 bridgehead atoms. The van der Waals surface area contributed by atoms with E-state index in [2.05, 4.69) is 4.98 Å². The molecular weight excluding hydrogens is 236 g/mol. The third kappa shape index (κ3) is 2.46. The fraction of sp³-hybridized carbons (Fsp3) is 0.182. The summed E-state index contributed by atoms with van der Waals surface area (Å²) in [6.07, 6.45) is -0.315. The van der Waals surface area contributed by atoms with E-state index < -0.39 is 5.97 Å². The highest BCUT2D eigenvalue weighted by atomic mass is 16.4. The number of carbonyl (C=O) groups is 2. The first-order valence-electron chi connectivity index (χ1n) is 5.07. The molecule has 1 aromatic carbocycles. The lowest BCUT2D eigenvalue weighted by Crippen LogP contribution is -2.14. The minimum atomic E-state index is -1.01. The Kier molecular flexibility index (Phi) is 4.01. The van der Waals surface area contributed by atoms with E-state index in [9.17, 15) is 9.59 Å². The number of carboxylic acids is 1. The third-order valence-corrected chi connectivity index (χ3v) is 2.39. The van der Waals surface area contributed by atoms with Gasteiger partial charge in [-0.15, -0.1) is 0 Å². The molecule has 0 amide bonds. The van der Waals surface area contributed by atoms with E-state index in [0.29, 0.717) is 11.0 Å². The number of hydrogen-bond acceptors (Lipinski definition) is 5. The van der Waals surface area contributed by atoms with Crippen molar-refractivity contribution < 1.29 is 14.7 Å². The monoisotopic (exact) mass is 250 g/mol. The number of carbonyl (C=O) groups excluding carboxylic acids is 1. The Balaban J connectivity index is 0.00000162. The van der Waals surface area contributed by atoms with Gasteiger partial charge in [-0.1, -0.05) is 12.1 Å². The van der Waals surface area contributed by atoms with Crippen molar-refractivity contribution in [3.63, 3.8) is 0 Å². The molecular formula is C11H14N4O3. The zero-order valence-corrected chi connectivity index (χ0v) is 9.67. The van der Waals surface area contributed by atoms with Gasteiger partial charge < -0.3 is 17.0 Å². The van der Waals surface area contributed by atoms with Crippen LogP contribution in [0.4, 0.5) is 5.95 Å². The maximum Gasteiger partial charge on any atom is 0.303 e. The predicted molar refractivity (Wildman–Crippen MR) is 66.7 cm³/mol. The van der Waals surface area contributed by atoms with Crippen LogP contribution >= 0.6 is 0 Å². The first-order chi connectivity index (χ1) is 8.09. The van der Waals surface area contributed by atoms with Gasteiger partial charge in [-0.2, -0.15) is 0 Å². The molecule has 0 aliphatic carbocycles. The molecule has 0 atom stereocenters. The molecule has 1 aromatic heterocycles. The van der Waals surface area contributed by atoms with Gasteiger partial charge in [0.15, 0.2) is 0 Å². The number of carboxylic acid groups (broad SMARTS) is 1. The van der Waals surface area contributed by atoms with Crippen LogP contribution in [0.15, 0.2) is 24.3 Å². The van der Waals surface area contributed by atoms with E-state index in [1.54, 1.807) is 24.3 Å². The summed E-state index contributed by atoms with van der Waals surface area (Å²) >= 11 is 0. The second kappa shape index (κ2) is 5.28. The number of fused-ring (bicyclic) bond motifs is 1. The van der Waals surface area contributed by atoms with Crippen molar-refractivity contribution in [1.82, 2.24) is 15.7 Å². The average Bonchev–Trinajstić information content (AvgIpc) is 2.61. The standard InChI is InChI=1S/C11H11N3O3.H3N/c12-11-13-7-3-1-2-4-8(7)14(11)9(15)5-6-10(16)17;/h1-4H,5-6H2,(H2,12,13)(H,16,17);1H3. The van der Waals surface area contributed by atoms with E-state index in [0.717, 1.165) is 0 Å². The topological polar surface area (TPSA) is 133 Å². The summed E-state index contributed by atoms with van der Waals surface area (Å²) in [5.41, 5.74) is 6.86. The van der Waals surface area contributed by atoms with Crippen LogP contribution in [0.1, 0.15) is 17.6 Å². The molecule has 7 nitrogen and oxygen atoms in total. The van der Waals surface area contributed by atoms with Gasteiger partial charge in [0.25, 0.3) is 0 Å². The van der Waals surface area contributed by atoms with E-state index in [-0.39, 0.29) is 30.8 Å². The Morgan fingerprint density at radius 2 is 1.94 bits per heavy atom. The minimum Gasteiger partial charge on any atom is -0.481 e. The largest absolute Gasteiger partial charge is 0.481 e. The Hall–Kier alpha value is -2.41. The van der Waals surface area contributed by atoms with Gasteiger partial charge in [0.1, 0.15) is 0 Å². The SMILES string of the molecule is N.Nc1nc2ccccc2n1C(=O)CCC(=O)O. The second-order valence-electron chi connectivity index (χ2n) is 3.58. The molecule has 2 rings (SSSR count). The first kappa shape index (κ1) is 13.7. The van der Waals surface area contributed by atoms with Crippen LogP contribution in [0.2, 0.25) is 0 Å². The number of rotatable bonds is 3. The lowest BCUT2D eigenvalue weighted by atomic mass is 10.2. The Bertz CT molecular complexity index is 591. The van der Waals surface area contributed by atoms with Crippen molar-refractivity contribution in [3.8, 4) is 0 Å². The molecule has 0 saturated carbocycles. The van der Waals surface area contributed by atoms with Crippen LogP contribution in [-0.4, -0.2) is 26.5 Å². The Morgan fingerprint density at radius 3 is 2.61 bits per heavy atom. The van der Waals surface area contributed by atoms with Gasteiger partial charge in [0, 0.05) is 6.42 Å². The van der Waals surface area contributed by atoms with E-state index in [4.69, 9.17) is 10.8 Å². The first-order valence-corrected chi connectivity index (χ1v) is 5.07. The van der Waals surface area contributed by atoms with Crippen LogP contribution in [0, 0.1) is 0 Å². The summed E-state index contributed by atoms with van der Waals surface area (Å²) in [7, 11) is 0. The molecule has 0 aliphatic rings. The van der Waals surface area contributed by atoms with Crippen molar-refractivity contribution in [2.45, 2.75) is 12.8 Å². The number of nitrogens with zero attached hydrogens (tertiary/aromatic N) is 2. The van der Waals surface area contributed by atoms with Crippen molar-refractivity contribution >= 4 is 28.9 Å². The molecule has 0 spiro atoms. The number of anilines is 1. The fourth-order valence-corrected chi connectivity index (χ4v) is 1.63. The number of aromatic nitrogens is 2. The molecule has 0 radical (unpaired) electrons. The lowest BCUT2D eigenvalue weighted by Gasteiger charge is -2.03. The van der Waals surface area contributed by atoms with Crippen molar-refractivity contribution in [2.75, 3.05) is 5.73 Å². The van der Waals surface area contributed by atoms with E-state index in [1.165, 1.54) is 4.57 Å². The van der Waals surface area contributed by atoms with Gasteiger partial charge in [-0.05, 0) is 12.1 Å². The third-order valence-electron chi connectivity index (χ3n) is 2.39. The van der Waals surface area contributed by atoms with Crippen LogP contribution in [-0.2, 0) is 4.79 Å². The molecule has 2 aromatic rings. The van der Waals surface area contributed by atoms with Crippen molar-refractivity contribution in [2.24, 2.45) is 0 Å². The average molecular weight is 250 g/mol. The van der Waals surface area contributed by atoms with E-state index >= 15 is 0 Å². The molecule has 0 fully saturated rings. The maximum absolute atomic E-state index is 11.8. The molecule has 0 saturated heterocycles. The van der Waals surface area contributed by atoms with Crippen LogP contribution in [0.3, 0.4) is 0 Å². The summed E-state index contributed by atoms with van der Waals surface area (Å²) in [4.78, 5) is 26.3. The molecule has 18 heavy (non-hydrogen) atoms. The summed E-state index contributed by atoms with van der Waals surface area (Å²) in [6.45, 7) is 0. The number of benzene rings is 1. The normalized spacial score (nSPS) is 10.0. The molecule has 96 valence electrons. The fourth-order valence-electron chi connectivity index (χ4n) is 1.63. The summed E-state index contributed by atoms with van der Waals surface area (Å²) in [6, 6.07) is 7.02. The summed E-state index contributed by atoms with van der Waals surface area (Å²) in [5.74, 6) is -1.29. The molecule has 1 heterocycles. The van der Waals surface area contributed by atoms with Gasteiger partial charge >= 0.3 is 5.97 Å². The number of imidazole rings is 1. The van der Waals surface area contributed by atoms with Crippen LogP contribution < -0.4 is 11.9 Å². The summed E-state index contributed by atoms with van der Waals surface area (Å²) in [5, 5.41) is 8.53. The predicted octanol–water partition coefficient (Wildman–Crippen LogP) is 1.29. The Labute approximate surface area is 103 Å². The molecule has 0 unspecified atom stereocenters. The zero-order chi connectivity index (χ0) is 12.4. The smallest absolute Gasteiger partial charge is 0.303 e. The number of para-hydroxylation sites is 2. The molecule has 7 heteroatoms. The lowest BCUT2D eigenvalue weighted by molar-refractivity contribution is -0.136. The number of nitrogens with two attached hydrogens (primary N) is 1. The zero-order valence-electron chi connectivity index (χ0n) is 9.67. The number of aliphatic carboxylic acids is 1. The van der Waals surface area contributed by atoms with Crippen molar-refractivity contribution in [3.05, 3.63) is 24.3 Å². The van der Waals surface area contributed by atoms with Crippen molar-refractivity contribution in [1.29, 1.82) is 0 Å². The quantitative estimate of drug-likeness (QED) is 0.751. The highest BCUT2D eigenvalue weighted by Crippen LogP contribution is 2.17. The highest BCUT2D eigenvalue weighted by Gasteiger charge is 2.15. The number of nitrogen functional groups attached to an aromatic ring is 1. The highest BCUT2D eigenvalue weighted by molar-refractivity contribution is 5.94. The van der Waals surface area contributed by atoms with Gasteiger partial charge in [-0.25, -0.2) is 9.55 Å². The minimum absolute atomic E-state index is 0. The van der Waals surface area contributed by atoms with Gasteiger partial charge in [-0.3, -0.25) is 9.59 Å². The molecule has 0 aliphatic heterocycles. The maximum atomic E-state index is 11.8. The summed E-state index contributed by atoms with van der Waals surface area (Å²) < 4.78 is 1.25. The number of hydrogen-bond donors (Lipinski definition) is 3. The van der Waals surface area contributed by atoms with Crippen LogP contribution in [0.25, 0.3) is 11.0 Å². The second-order valence-corrected chi connectivity index (χ2v) is 3.58. The van der Waals surface area contributed by atoms with Gasteiger partial charge in [0.2, 0.25) is 11.9 Å². The van der Waals surface area contributed by atoms with E-state index in [1.807, 2.05) is 0 Å². The Morgan fingerprint density at radius 1 is 1.28 bits per heavy atom.